The van der Waals surface area contributed by atoms with Crippen LogP contribution in [-0.2, 0) is 10.2 Å². The summed E-state index contributed by atoms with van der Waals surface area (Å²) in [6.07, 6.45) is 3.56. The minimum absolute atomic E-state index is 0.0497. The summed E-state index contributed by atoms with van der Waals surface area (Å²) in [6.45, 7) is 8.73. The van der Waals surface area contributed by atoms with Gasteiger partial charge in [-0.15, -0.1) is 11.3 Å². The van der Waals surface area contributed by atoms with E-state index in [9.17, 15) is 0 Å². The van der Waals surface area contributed by atoms with Crippen molar-refractivity contribution in [1.82, 2.24) is 9.97 Å². The van der Waals surface area contributed by atoms with Crippen LogP contribution >= 0.6 is 11.3 Å². The highest BCUT2D eigenvalue weighted by atomic mass is 32.1. The van der Waals surface area contributed by atoms with Gasteiger partial charge in [0.05, 0.1) is 12.5 Å². The lowest BCUT2D eigenvalue weighted by molar-refractivity contribution is 0.0535. The summed E-state index contributed by atoms with van der Waals surface area (Å²) in [5.41, 5.74) is 3.72. The van der Waals surface area contributed by atoms with Gasteiger partial charge in [0.2, 0.25) is 0 Å². The monoisotopic (exact) mass is 397 g/mol. The zero-order valence-electron chi connectivity index (χ0n) is 17.0. The van der Waals surface area contributed by atoms with Crippen molar-refractivity contribution in [2.45, 2.75) is 39.0 Å². The SMILES string of the molecule is COc1ccc(C)cc1C1(CNc2ncnc3sc(C)c(C)c23)CCOCC1. The van der Waals surface area contributed by atoms with Crippen LogP contribution in [0.5, 0.6) is 5.75 Å². The standard InChI is InChI=1S/C22H27N3O2S/c1-14-5-6-18(26-4)17(11-14)22(7-9-27-10-8-22)12-23-20-19-15(2)16(3)28-21(19)25-13-24-20/h5-6,11,13H,7-10,12H2,1-4H3,(H,23,24,25). The van der Waals surface area contributed by atoms with Crippen molar-refractivity contribution in [3.8, 4) is 5.75 Å². The fourth-order valence-electron chi connectivity index (χ4n) is 4.11. The Labute approximate surface area is 170 Å². The van der Waals surface area contributed by atoms with Crippen molar-refractivity contribution in [1.29, 1.82) is 0 Å². The highest BCUT2D eigenvalue weighted by molar-refractivity contribution is 7.18. The second-order valence-corrected chi connectivity index (χ2v) is 8.84. The van der Waals surface area contributed by atoms with Gasteiger partial charge < -0.3 is 14.8 Å². The highest BCUT2D eigenvalue weighted by Gasteiger charge is 2.37. The molecule has 148 valence electrons. The summed E-state index contributed by atoms with van der Waals surface area (Å²) < 4.78 is 11.4. The van der Waals surface area contributed by atoms with Crippen molar-refractivity contribution >= 4 is 27.4 Å². The molecular formula is C22H27N3O2S. The molecule has 0 atom stereocenters. The number of hydrogen-bond donors (Lipinski definition) is 1. The molecule has 1 fully saturated rings. The van der Waals surface area contributed by atoms with Gasteiger partial charge in [-0.3, -0.25) is 0 Å². The fraction of sp³-hybridized carbons (Fsp3) is 0.455. The quantitative estimate of drug-likeness (QED) is 0.671. The van der Waals surface area contributed by atoms with Gasteiger partial charge in [0.1, 0.15) is 22.7 Å². The van der Waals surface area contributed by atoms with Crippen LogP contribution in [0.4, 0.5) is 5.82 Å². The van der Waals surface area contributed by atoms with Crippen LogP contribution in [0, 0.1) is 20.8 Å². The Bertz CT molecular complexity index is 993. The number of rotatable bonds is 5. The molecule has 1 saturated heterocycles. The van der Waals surface area contributed by atoms with Crippen LogP contribution in [0.2, 0.25) is 0 Å². The first-order valence-electron chi connectivity index (χ1n) is 9.71. The lowest BCUT2D eigenvalue weighted by Crippen LogP contribution is -2.40. The number of thiophene rings is 1. The number of anilines is 1. The molecular weight excluding hydrogens is 370 g/mol. The van der Waals surface area contributed by atoms with Crippen molar-refractivity contribution in [2.24, 2.45) is 0 Å². The van der Waals surface area contributed by atoms with Gasteiger partial charge in [0.15, 0.2) is 0 Å². The van der Waals surface area contributed by atoms with Crippen LogP contribution < -0.4 is 10.1 Å². The van der Waals surface area contributed by atoms with Crippen molar-refractivity contribution in [2.75, 3.05) is 32.2 Å². The third kappa shape index (κ3) is 3.35. The second-order valence-electron chi connectivity index (χ2n) is 7.64. The number of ether oxygens (including phenoxy) is 2. The highest BCUT2D eigenvalue weighted by Crippen LogP contribution is 2.41. The first kappa shape index (κ1) is 19.2. The van der Waals surface area contributed by atoms with E-state index in [0.29, 0.717) is 0 Å². The molecule has 0 spiro atoms. The zero-order valence-corrected chi connectivity index (χ0v) is 17.8. The van der Waals surface area contributed by atoms with Crippen LogP contribution in [0.25, 0.3) is 10.2 Å². The van der Waals surface area contributed by atoms with E-state index in [0.717, 1.165) is 54.4 Å². The van der Waals surface area contributed by atoms with Crippen molar-refractivity contribution < 1.29 is 9.47 Å². The van der Waals surface area contributed by atoms with Gasteiger partial charge in [-0.05, 0) is 45.2 Å². The average molecular weight is 398 g/mol. The molecule has 0 saturated carbocycles. The van der Waals surface area contributed by atoms with E-state index in [1.54, 1.807) is 24.8 Å². The lowest BCUT2D eigenvalue weighted by Gasteiger charge is -2.39. The minimum atomic E-state index is -0.0497. The van der Waals surface area contributed by atoms with Gasteiger partial charge in [-0.25, -0.2) is 9.97 Å². The van der Waals surface area contributed by atoms with E-state index in [1.807, 2.05) is 0 Å². The third-order valence-corrected chi connectivity index (χ3v) is 7.05. The van der Waals surface area contributed by atoms with Crippen molar-refractivity contribution in [3.63, 3.8) is 0 Å². The van der Waals surface area contributed by atoms with E-state index >= 15 is 0 Å². The number of methoxy groups -OCH3 is 1. The van der Waals surface area contributed by atoms with Crippen LogP contribution in [-0.4, -0.2) is 36.8 Å². The third-order valence-electron chi connectivity index (χ3n) is 5.94. The molecule has 0 amide bonds. The van der Waals surface area contributed by atoms with E-state index in [-0.39, 0.29) is 5.41 Å². The number of fused-ring (bicyclic) bond motifs is 1. The molecule has 0 radical (unpaired) electrons. The average Bonchev–Trinajstić information content (AvgIpc) is 3.01. The van der Waals surface area contributed by atoms with Crippen LogP contribution in [0.1, 0.15) is 34.4 Å². The maximum atomic E-state index is 5.73. The number of benzene rings is 1. The molecule has 6 heteroatoms. The predicted octanol–water partition coefficient (Wildman–Crippen LogP) is 4.79. The summed E-state index contributed by atoms with van der Waals surface area (Å²) in [4.78, 5) is 11.4. The Morgan fingerprint density at radius 1 is 1.18 bits per heavy atom. The maximum absolute atomic E-state index is 5.73. The Kier molecular flexibility index (Phi) is 5.25. The van der Waals surface area contributed by atoms with Crippen LogP contribution in [0.15, 0.2) is 24.5 Å². The Morgan fingerprint density at radius 3 is 2.71 bits per heavy atom. The Hall–Kier alpha value is -2.18. The minimum Gasteiger partial charge on any atom is -0.496 e. The normalized spacial score (nSPS) is 16.3. The van der Waals surface area contributed by atoms with Gasteiger partial charge in [0.25, 0.3) is 0 Å². The molecule has 2 aromatic heterocycles. The summed E-state index contributed by atoms with van der Waals surface area (Å²) in [7, 11) is 1.75. The molecule has 1 aliphatic rings. The van der Waals surface area contributed by atoms with Crippen LogP contribution in [0.3, 0.4) is 0 Å². The van der Waals surface area contributed by atoms with E-state index in [4.69, 9.17) is 9.47 Å². The Morgan fingerprint density at radius 2 is 1.96 bits per heavy atom. The summed E-state index contributed by atoms with van der Waals surface area (Å²) >= 11 is 1.73. The molecule has 0 bridgehead atoms. The molecule has 5 nitrogen and oxygen atoms in total. The van der Waals surface area contributed by atoms with Gasteiger partial charge in [0, 0.05) is 35.6 Å². The molecule has 28 heavy (non-hydrogen) atoms. The molecule has 0 unspecified atom stereocenters. The predicted molar refractivity (Wildman–Crippen MR) is 115 cm³/mol. The maximum Gasteiger partial charge on any atom is 0.138 e. The van der Waals surface area contributed by atoms with Gasteiger partial charge >= 0.3 is 0 Å². The van der Waals surface area contributed by atoms with E-state index in [2.05, 4.69) is 54.3 Å². The van der Waals surface area contributed by atoms with E-state index in [1.165, 1.54) is 21.6 Å². The fourth-order valence-corrected chi connectivity index (χ4v) is 5.11. The molecule has 0 aliphatic carbocycles. The molecule has 1 N–H and O–H groups in total. The zero-order chi connectivity index (χ0) is 19.7. The number of hydrogen-bond acceptors (Lipinski definition) is 6. The second kappa shape index (κ2) is 7.68. The summed E-state index contributed by atoms with van der Waals surface area (Å²) in [5, 5.41) is 4.81. The molecule has 1 aromatic carbocycles. The first-order chi connectivity index (χ1) is 13.5. The van der Waals surface area contributed by atoms with Gasteiger partial charge in [-0.2, -0.15) is 0 Å². The topological polar surface area (TPSA) is 56.3 Å². The largest absolute Gasteiger partial charge is 0.496 e. The molecule has 3 aromatic rings. The summed E-state index contributed by atoms with van der Waals surface area (Å²) in [5.74, 6) is 1.87. The lowest BCUT2D eigenvalue weighted by atomic mass is 9.73. The van der Waals surface area contributed by atoms with Gasteiger partial charge in [-0.1, -0.05) is 17.7 Å². The Balaban J connectivity index is 1.72. The molecule has 4 rings (SSSR count). The summed E-state index contributed by atoms with van der Waals surface area (Å²) in [6, 6.07) is 6.45. The van der Waals surface area contributed by atoms with Crippen molar-refractivity contribution in [3.05, 3.63) is 46.1 Å². The smallest absolute Gasteiger partial charge is 0.138 e. The number of nitrogens with one attached hydrogen (secondary N) is 1. The number of aromatic nitrogens is 2. The molecule has 1 aliphatic heterocycles. The number of nitrogens with zero attached hydrogens (tertiary/aromatic N) is 2. The first-order valence-corrected chi connectivity index (χ1v) is 10.5. The number of aryl methyl sites for hydroxylation is 3. The molecule has 3 heterocycles. The van der Waals surface area contributed by atoms with E-state index < -0.39 is 0 Å².